The number of rotatable bonds is 7. The van der Waals surface area contributed by atoms with Gasteiger partial charge in [-0.25, -0.2) is 15.0 Å². The van der Waals surface area contributed by atoms with Crippen LogP contribution < -0.4 is 10.6 Å². The molecule has 0 aromatic carbocycles. The number of nitrogens with one attached hydrogen (secondary N) is 2. The van der Waals surface area contributed by atoms with E-state index in [0.29, 0.717) is 0 Å². The Balaban J connectivity index is 2.23. The molecule has 0 radical (unpaired) electrons. The Morgan fingerprint density at radius 3 is 2.57 bits per heavy atom. The van der Waals surface area contributed by atoms with Crippen molar-refractivity contribution < 1.29 is 0 Å². The molecule has 5 nitrogen and oxygen atoms in total. The van der Waals surface area contributed by atoms with Crippen molar-refractivity contribution in [1.29, 1.82) is 0 Å². The third-order valence-corrected chi connectivity index (χ3v) is 4.25. The Bertz CT molecular complexity index is 581. The molecular weight excluding hydrogens is 282 g/mol. The summed E-state index contributed by atoms with van der Waals surface area (Å²) in [5.41, 5.74) is 1.15. The fourth-order valence-electron chi connectivity index (χ4n) is 2.18. The molecule has 2 rings (SSSR count). The Kier molecular flexibility index (Phi) is 5.50. The van der Waals surface area contributed by atoms with Crippen LogP contribution in [0.1, 0.15) is 48.7 Å². The molecule has 1 atom stereocenters. The van der Waals surface area contributed by atoms with Gasteiger partial charge in [0.05, 0.1) is 6.04 Å². The molecule has 1 unspecified atom stereocenters. The van der Waals surface area contributed by atoms with Crippen LogP contribution in [0, 0.1) is 6.92 Å². The normalized spacial score (nSPS) is 12.2. The molecule has 2 N–H and O–H groups in total. The van der Waals surface area contributed by atoms with Crippen molar-refractivity contribution >= 4 is 23.0 Å². The Morgan fingerprint density at radius 2 is 1.95 bits per heavy atom. The number of aromatic nitrogens is 3. The van der Waals surface area contributed by atoms with Crippen LogP contribution in [0.3, 0.4) is 0 Å². The van der Waals surface area contributed by atoms with E-state index in [-0.39, 0.29) is 6.04 Å². The smallest absolute Gasteiger partial charge is 0.135 e. The maximum atomic E-state index is 4.44. The van der Waals surface area contributed by atoms with E-state index < -0.39 is 0 Å². The van der Waals surface area contributed by atoms with Crippen molar-refractivity contribution in [2.24, 2.45) is 0 Å². The zero-order valence-corrected chi connectivity index (χ0v) is 13.9. The van der Waals surface area contributed by atoms with E-state index in [0.717, 1.165) is 41.6 Å². The summed E-state index contributed by atoms with van der Waals surface area (Å²) < 4.78 is 0. The Morgan fingerprint density at radius 1 is 1.19 bits per heavy atom. The van der Waals surface area contributed by atoms with Gasteiger partial charge in [-0.2, -0.15) is 0 Å². The SMILES string of the molecule is CCCc1c(NCC)ncnc1NC(C)c1ncc(C)s1. The van der Waals surface area contributed by atoms with E-state index in [2.05, 4.69) is 53.3 Å². The minimum Gasteiger partial charge on any atom is -0.370 e. The summed E-state index contributed by atoms with van der Waals surface area (Å²) in [6.07, 6.45) is 5.54. The van der Waals surface area contributed by atoms with Crippen LogP contribution in [-0.4, -0.2) is 21.5 Å². The number of thiazole rings is 1. The molecule has 0 saturated heterocycles. The van der Waals surface area contributed by atoms with Crippen molar-refractivity contribution in [2.45, 2.75) is 46.6 Å². The van der Waals surface area contributed by atoms with Gasteiger partial charge in [-0.3, -0.25) is 0 Å². The summed E-state index contributed by atoms with van der Waals surface area (Å²) in [5.74, 6) is 1.84. The number of hydrogen-bond donors (Lipinski definition) is 2. The van der Waals surface area contributed by atoms with Crippen molar-refractivity contribution in [3.63, 3.8) is 0 Å². The first-order valence-electron chi connectivity index (χ1n) is 7.42. The summed E-state index contributed by atoms with van der Waals surface area (Å²) in [7, 11) is 0. The number of aryl methyl sites for hydroxylation is 1. The average molecular weight is 305 g/mol. The van der Waals surface area contributed by atoms with E-state index in [1.54, 1.807) is 17.7 Å². The third kappa shape index (κ3) is 3.91. The minimum atomic E-state index is 0.142. The molecular formula is C15H23N5S. The standard InChI is InChI=1S/C15H23N5S/c1-5-7-12-13(16-6-2)18-9-19-14(12)20-11(4)15-17-8-10(3)21-15/h8-9,11H,5-7H2,1-4H3,(H2,16,18,19,20). The predicted molar refractivity (Wildman–Crippen MR) is 89.1 cm³/mol. The fraction of sp³-hybridized carbons (Fsp3) is 0.533. The lowest BCUT2D eigenvalue weighted by molar-refractivity contribution is 0.838. The lowest BCUT2D eigenvalue weighted by Gasteiger charge is -2.17. The van der Waals surface area contributed by atoms with Gasteiger partial charge in [-0.1, -0.05) is 13.3 Å². The highest BCUT2D eigenvalue weighted by molar-refractivity contribution is 7.11. The van der Waals surface area contributed by atoms with Crippen LogP contribution in [0.4, 0.5) is 11.6 Å². The molecule has 6 heteroatoms. The van der Waals surface area contributed by atoms with Crippen LogP contribution in [0.15, 0.2) is 12.5 Å². The molecule has 2 aromatic rings. The molecule has 2 aromatic heterocycles. The van der Waals surface area contributed by atoms with Crippen molar-refractivity contribution in [3.05, 3.63) is 28.0 Å². The van der Waals surface area contributed by atoms with Gasteiger partial charge >= 0.3 is 0 Å². The number of hydrogen-bond acceptors (Lipinski definition) is 6. The molecule has 0 aliphatic heterocycles. The van der Waals surface area contributed by atoms with Crippen LogP contribution in [0.2, 0.25) is 0 Å². The van der Waals surface area contributed by atoms with Crippen LogP contribution >= 0.6 is 11.3 Å². The minimum absolute atomic E-state index is 0.142. The van der Waals surface area contributed by atoms with Gasteiger partial charge in [0.2, 0.25) is 0 Å². The maximum absolute atomic E-state index is 4.44. The maximum Gasteiger partial charge on any atom is 0.135 e. The molecule has 0 amide bonds. The fourth-order valence-corrected chi connectivity index (χ4v) is 2.96. The van der Waals surface area contributed by atoms with Gasteiger partial charge in [-0.15, -0.1) is 11.3 Å². The largest absolute Gasteiger partial charge is 0.370 e. The average Bonchev–Trinajstić information content (AvgIpc) is 2.89. The quantitative estimate of drug-likeness (QED) is 0.814. The van der Waals surface area contributed by atoms with Gasteiger partial charge in [-0.05, 0) is 27.2 Å². The summed E-state index contributed by atoms with van der Waals surface area (Å²) >= 11 is 1.72. The van der Waals surface area contributed by atoms with Crippen molar-refractivity contribution in [1.82, 2.24) is 15.0 Å². The zero-order valence-electron chi connectivity index (χ0n) is 13.1. The number of nitrogens with zero attached hydrogens (tertiary/aromatic N) is 3. The first kappa shape index (κ1) is 15.7. The first-order valence-corrected chi connectivity index (χ1v) is 8.23. The van der Waals surface area contributed by atoms with Gasteiger partial charge in [0.25, 0.3) is 0 Å². The Hall–Kier alpha value is -1.69. The first-order chi connectivity index (χ1) is 10.2. The van der Waals surface area contributed by atoms with E-state index in [4.69, 9.17) is 0 Å². The van der Waals surface area contributed by atoms with Gasteiger partial charge in [0.15, 0.2) is 0 Å². The highest BCUT2D eigenvalue weighted by atomic mass is 32.1. The van der Waals surface area contributed by atoms with Gasteiger partial charge < -0.3 is 10.6 Å². The van der Waals surface area contributed by atoms with Crippen LogP contribution in [0.5, 0.6) is 0 Å². The van der Waals surface area contributed by atoms with Crippen molar-refractivity contribution in [3.8, 4) is 0 Å². The lowest BCUT2D eigenvalue weighted by atomic mass is 10.1. The summed E-state index contributed by atoms with van der Waals surface area (Å²) in [6, 6.07) is 0.142. The molecule has 0 bridgehead atoms. The van der Waals surface area contributed by atoms with E-state index in [9.17, 15) is 0 Å². The highest BCUT2D eigenvalue weighted by Gasteiger charge is 2.15. The monoisotopic (exact) mass is 305 g/mol. The summed E-state index contributed by atoms with van der Waals surface area (Å²) in [6.45, 7) is 9.29. The van der Waals surface area contributed by atoms with E-state index >= 15 is 0 Å². The molecule has 0 fully saturated rings. The summed E-state index contributed by atoms with van der Waals surface area (Å²) in [4.78, 5) is 14.5. The van der Waals surface area contributed by atoms with Crippen molar-refractivity contribution in [2.75, 3.05) is 17.2 Å². The third-order valence-electron chi connectivity index (χ3n) is 3.15. The predicted octanol–water partition coefficient (Wildman–Crippen LogP) is 3.80. The topological polar surface area (TPSA) is 62.7 Å². The van der Waals surface area contributed by atoms with E-state index in [1.807, 2.05) is 6.20 Å². The second-order valence-corrected chi connectivity index (χ2v) is 6.27. The molecule has 21 heavy (non-hydrogen) atoms. The zero-order chi connectivity index (χ0) is 15.2. The highest BCUT2D eigenvalue weighted by Crippen LogP contribution is 2.27. The lowest BCUT2D eigenvalue weighted by Crippen LogP contribution is -2.13. The molecule has 0 spiro atoms. The second-order valence-electron chi connectivity index (χ2n) is 5.00. The molecule has 2 heterocycles. The van der Waals surface area contributed by atoms with Crippen LogP contribution in [0.25, 0.3) is 0 Å². The molecule has 0 aliphatic carbocycles. The molecule has 0 saturated carbocycles. The second kappa shape index (κ2) is 7.36. The van der Waals surface area contributed by atoms with Crippen LogP contribution in [-0.2, 0) is 6.42 Å². The summed E-state index contributed by atoms with van der Waals surface area (Å²) in [5, 5.41) is 7.88. The number of anilines is 2. The Labute approximate surface area is 130 Å². The van der Waals surface area contributed by atoms with Gasteiger partial charge in [0.1, 0.15) is 23.0 Å². The molecule has 0 aliphatic rings. The van der Waals surface area contributed by atoms with Gasteiger partial charge in [0, 0.05) is 23.2 Å². The van der Waals surface area contributed by atoms with E-state index in [1.165, 1.54) is 4.88 Å². The molecule has 114 valence electrons.